The molecule has 0 amide bonds. The molecule has 92 valence electrons. The fourth-order valence-corrected chi connectivity index (χ4v) is 1.55. The number of benzene rings is 1. The average molecular weight is 278 g/mol. The molecule has 17 heavy (non-hydrogen) atoms. The second-order valence-corrected chi connectivity index (χ2v) is 4.14. The SMILES string of the molecule is C/C(=C/CNc1cc(Cl)c(F)c(Cl)c1)C(=O)O. The summed E-state index contributed by atoms with van der Waals surface area (Å²) >= 11 is 11.2. The van der Waals surface area contributed by atoms with Gasteiger partial charge in [-0.15, -0.1) is 0 Å². The molecule has 1 rings (SSSR count). The summed E-state index contributed by atoms with van der Waals surface area (Å²) in [5.41, 5.74) is 0.743. The average Bonchev–Trinajstić information content (AvgIpc) is 2.25. The number of nitrogens with one attached hydrogen (secondary N) is 1. The summed E-state index contributed by atoms with van der Waals surface area (Å²) in [6.07, 6.45) is 1.49. The van der Waals surface area contributed by atoms with Crippen LogP contribution in [-0.4, -0.2) is 17.6 Å². The molecule has 0 radical (unpaired) electrons. The lowest BCUT2D eigenvalue weighted by Gasteiger charge is -2.06. The molecule has 0 aliphatic rings. The molecule has 0 saturated heterocycles. The Balaban J connectivity index is 2.71. The van der Waals surface area contributed by atoms with E-state index in [-0.39, 0.29) is 22.2 Å². The van der Waals surface area contributed by atoms with Crippen LogP contribution in [0.1, 0.15) is 6.92 Å². The Hall–Kier alpha value is -1.26. The number of carboxylic acids is 1. The van der Waals surface area contributed by atoms with Crippen molar-refractivity contribution >= 4 is 34.9 Å². The van der Waals surface area contributed by atoms with Gasteiger partial charge in [0.05, 0.1) is 10.0 Å². The minimum Gasteiger partial charge on any atom is -0.478 e. The third kappa shape index (κ3) is 3.91. The molecule has 0 aromatic heterocycles. The van der Waals surface area contributed by atoms with Gasteiger partial charge in [0.1, 0.15) is 0 Å². The van der Waals surface area contributed by atoms with E-state index in [2.05, 4.69) is 5.32 Å². The molecule has 0 aliphatic carbocycles. The van der Waals surface area contributed by atoms with Gasteiger partial charge in [0.15, 0.2) is 5.82 Å². The van der Waals surface area contributed by atoms with E-state index < -0.39 is 11.8 Å². The molecule has 2 N–H and O–H groups in total. The van der Waals surface area contributed by atoms with Crippen molar-refractivity contribution in [2.45, 2.75) is 6.92 Å². The van der Waals surface area contributed by atoms with Gasteiger partial charge in [-0.2, -0.15) is 0 Å². The normalized spacial score (nSPS) is 11.4. The van der Waals surface area contributed by atoms with Crippen molar-refractivity contribution in [2.24, 2.45) is 0 Å². The fourth-order valence-electron chi connectivity index (χ4n) is 1.07. The van der Waals surface area contributed by atoms with Gasteiger partial charge < -0.3 is 10.4 Å². The second-order valence-electron chi connectivity index (χ2n) is 3.33. The highest BCUT2D eigenvalue weighted by molar-refractivity contribution is 6.35. The van der Waals surface area contributed by atoms with Crippen molar-refractivity contribution in [2.75, 3.05) is 11.9 Å². The zero-order valence-electron chi connectivity index (χ0n) is 8.93. The predicted molar refractivity (Wildman–Crippen MR) is 66.3 cm³/mol. The summed E-state index contributed by atoms with van der Waals surface area (Å²) in [6.45, 7) is 1.77. The van der Waals surface area contributed by atoms with Crippen LogP contribution in [0.2, 0.25) is 10.0 Å². The van der Waals surface area contributed by atoms with Crippen molar-refractivity contribution in [1.29, 1.82) is 0 Å². The highest BCUT2D eigenvalue weighted by Crippen LogP contribution is 2.27. The lowest BCUT2D eigenvalue weighted by molar-refractivity contribution is -0.132. The lowest BCUT2D eigenvalue weighted by atomic mass is 10.2. The summed E-state index contributed by atoms with van der Waals surface area (Å²) in [4.78, 5) is 10.5. The van der Waals surface area contributed by atoms with Crippen molar-refractivity contribution < 1.29 is 14.3 Å². The molecule has 0 spiro atoms. The van der Waals surface area contributed by atoms with Gasteiger partial charge in [-0.25, -0.2) is 9.18 Å². The largest absolute Gasteiger partial charge is 0.478 e. The minimum absolute atomic E-state index is 0.0843. The number of rotatable bonds is 4. The smallest absolute Gasteiger partial charge is 0.331 e. The van der Waals surface area contributed by atoms with E-state index >= 15 is 0 Å². The van der Waals surface area contributed by atoms with Crippen LogP contribution in [0, 0.1) is 5.82 Å². The Kier molecular flexibility index (Phi) is 4.78. The van der Waals surface area contributed by atoms with Crippen molar-refractivity contribution in [3.05, 3.63) is 39.6 Å². The van der Waals surface area contributed by atoms with E-state index in [0.29, 0.717) is 5.69 Å². The molecule has 3 nitrogen and oxygen atoms in total. The van der Waals surface area contributed by atoms with E-state index in [9.17, 15) is 9.18 Å². The highest BCUT2D eigenvalue weighted by atomic mass is 35.5. The Bertz CT molecular complexity index is 452. The van der Waals surface area contributed by atoms with Gasteiger partial charge in [0, 0.05) is 17.8 Å². The molecule has 0 fully saturated rings. The van der Waals surface area contributed by atoms with E-state index in [1.807, 2.05) is 0 Å². The fraction of sp³-hybridized carbons (Fsp3) is 0.182. The first-order valence-corrected chi connectivity index (χ1v) is 5.46. The number of carboxylic acid groups (broad SMARTS) is 1. The van der Waals surface area contributed by atoms with Crippen molar-refractivity contribution in [1.82, 2.24) is 0 Å². The van der Waals surface area contributed by atoms with Crippen LogP contribution in [0.4, 0.5) is 10.1 Å². The Morgan fingerprint density at radius 2 is 2.00 bits per heavy atom. The second kappa shape index (κ2) is 5.89. The number of anilines is 1. The maximum atomic E-state index is 13.1. The van der Waals surface area contributed by atoms with Gasteiger partial charge >= 0.3 is 5.97 Å². The van der Waals surface area contributed by atoms with Crippen LogP contribution < -0.4 is 5.32 Å². The molecule has 0 saturated carbocycles. The highest BCUT2D eigenvalue weighted by Gasteiger charge is 2.07. The number of halogens is 3. The summed E-state index contributed by atoms with van der Waals surface area (Å²) in [5, 5.41) is 11.3. The van der Waals surface area contributed by atoms with Gasteiger partial charge in [-0.3, -0.25) is 0 Å². The molecule has 0 bridgehead atoms. The number of carbonyl (C=O) groups is 1. The maximum absolute atomic E-state index is 13.1. The van der Waals surface area contributed by atoms with Crippen LogP contribution in [0.25, 0.3) is 0 Å². The topological polar surface area (TPSA) is 49.3 Å². The molecule has 6 heteroatoms. The van der Waals surface area contributed by atoms with E-state index in [1.165, 1.54) is 25.1 Å². The summed E-state index contributed by atoms with van der Waals surface area (Å²) < 4.78 is 13.1. The van der Waals surface area contributed by atoms with Crippen molar-refractivity contribution in [3.63, 3.8) is 0 Å². The van der Waals surface area contributed by atoms with Crippen LogP contribution in [0.15, 0.2) is 23.8 Å². The zero-order chi connectivity index (χ0) is 13.0. The van der Waals surface area contributed by atoms with Crippen LogP contribution >= 0.6 is 23.2 Å². The van der Waals surface area contributed by atoms with Gasteiger partial charge in [-0.05, 0) is 19.1 Å². The first kappa shape index (κ1) is 13.8. The number of aliphatic carboxylic acids is 1. The van der Waals surface area contributed by atoms with E-state index in [4.69, 9.17) is 28.3 Å². The number of hydrogen-bond donors (Lipinski definition) is 2. The number of hydrogen-bond acceptors (Lipinski definition) is 2. The minimum atomic E-state index is -0.984. The Labute approximate surface area is 108 Å². The van der Waals surface area contributed by atoms with Crippen LogP contribution in [0.5, 0.6) is 0 Å². The lowest BCUT2D eigenvalue weighted by Crippen LogP contribution is -2.03. The molecular weight excluding hydrogens is 268 g/mol. The van der Waals surface area contributed by atoms with E-state index in [1.54, 1.807) is 0 Å². The first-order valence-electron chi connectivity index (χ1n) is 4.70. The summed E-state index contributed by atoms with van der Waals surface area (Å²) in [5.74, 6) is -1.65. The third-order valence-corrected chi connectivity index (χ3v) is 2.59. The van der Waals surface area contributed by atoms with Gasteiger partial charge in [-0.1, -0.05) is 29.3 Å². The molecular formula is C11H10Cl2FNO2. The Morgan fingerprint density at radius 3 is 2.47 bits per heavy atom. The first-order chi connectivity index (χ1) is 7.91. The molecule has 0 heterocycles. The third-order valence-electron chi connectivity index (χ3n) is 2.04. The quantitative estimate of drug-likeness (QED) is 0.653. The summed E-state index contributed by atoms with van der Waals surface area (Å²) in [7, 11) is 0. The van der Waals surface area contributed by atoms with Crippen LogP contribution in [0.3, 0.4) is 0 Å². The zero-order valence-corrected chi connectivity index (χ0v) is 10.4. The maximum Gasteiger partial charge on any atom is 0.331 e. The standard InChI is InChI=1S/C11H10Cl2FNO2/c1-6(11(16)17)2-3-15-7-4-8(12)10(14)9(13)5-7/h2,4-5,15H,3H2,1H3,(H,16,17)/b6-2-. The van der Waals surface area contributed by atoms with E-state index in [0.717, 1.165) is 0 Å². The molecule has 0 atom stereocenters. The summed E-state index contributed by atoms with van der Waals surface area (Å²) in [6, 6.07) is 2.76. The monoisotopic (exact) mass is 277 g/mol. The molecule has 0 unspecified atom stereocenters. The Morgan fingerprint density at radius 1 is 1.47 bits per heavy atom. The van der Waals surface area contributed by atoms with Gasteiger partial charge in [0.25, 0.3) is 0 Å². The predicted octanol–water partition coefficient (Wildman–Crippen LogP) is 3.58. The molecule has 0 aliphatic heterocycles. The molecule has 1 aromatic rings. The molecule has 1 aromatic carbocycles. The van der Waals surface area contributed by atoms with Crippen molar-refractivity contribution in [3.8, 4) is 0 Å². The van der Waals surface area contributed by atoms with Crippen LogP contribution in [-0.2, 0) is 4.79 Å². The van der Waals surface area contributed by atoms with Gasteiger partial charge in [0.2, 0.25) is 0 Å².